The lowest BCUT2D eigenvalue weighted by atomic mass is 9.79. The number of nitrogens with one attached hydrogen (secondary N) is 1. The summed E-state index contributed by atoms with van der Waals surface area (Å²) in [6, 6.07) is 14.0. The highest BCUT2D eigenvalue weighted by Crippen LogP contribution is 2.41. The van der Waals surface area contributed by atoms with Crippen LogP contribution in [-0.4, -0.2) is 61.2 Å². The normalized spacial score (nSPS) is 29.8. The first-order chi connectivity index (χ1) is 12.2. The Labute approximate surface area is 151 Å². The van der Waals surface area contributed by atoms with E-state index in [1.165, 1.54) is 25.1 Å². The molecule has 1 aromatic carbocycles. The number of benzene rings is 1. The van der Waals surface area contributed by atoms with Gasteiger partial charge in [-0.1, -0.05) is 30.3 Å². The Morgan fingerprint density at radius 2 is 1.92 bits per heavy atom. The van der Waals surface area contributed by atoms with Crippen LogP contribution < -0.4 is 5.32 Å². The number of nitriles is 1. The smallest absolute Gasteiger partial charge is 0.0641 e. The van der Waals surface area contributed by atoms with Crippen LogP contribution >= 0.6 is 0 Å². The molecule has 0 spiro atoms. The van der Waals surface area contributed by atoms with E-state index in [0.29, 0.717) is 12.5 Å². The first kappa shape index (κ1) is 17.0. The maximum atomic E-state index is 9.30. The fraction of sp³-hybridized carbons (Fsp3) is 0.667. The Morgan fingerprint density at radius 3 is 2.60 bits per heavy atom. The van der Waals surface area contributed by atoms with Gasteiger partial charge in [-0.05, 0) is 50.9 Å². The highest BCUT2D eigenvalue weighted by Gasteiger charge is 2.45. The second-order valence-electron chi connectivity index (χ2n) is 8.40. The van der Waals surface area contributed by atoms with Crippen molar-refractivity contribution < 1.29 is 0 Å². The Bertz CT molecular complexity index is 609. The van der Waals surface area contributed by atoms with Crippen molar-refractivity contribution in [1.82, 2.24) is 15.1 Å². The molecule has 1 aliphatic carbocycles. The molecule has 4 heteroatoms. The Kier molecular flexibility index (Phi) is 4.82. The first-order valence-corrected chi connectivity index (χ1v) is 9.79. The summed E-state index contributed by atoms with van der Waals surface area (Å²) in [5.74, 6) is 1.48. The molecule has 4 rings (SSSR count). The van der Waals surface area contributed by atoms with Crippen molar-refractivity contribution in [3.05, 3.63) is 35.9 Å². The third kappa shape index (κ3) is 3.60. The third-order valence-corrected chi connectivity index (χ3v) is 6.64. The van der Waals surface area contributed by atoms with E-state index >= 15 is 0 Å². The van der Waals surface area contributed by atoms with Crippen molar-refractivity contribution in [1.29, 1.82) is 5.26 Å². The van der Waals surface area contributed by atoms with Crippen LogP contribution in [0.4, 0.5) is 0 Å². The van der Waals surface area contributed by atoms with Crippen molar-refractivity contribution in [3.8, 4) is 6.07 Å². The molecule has 0 amide bonds. The van der Waals surface area contributed by atoms with Crippen molar-refractivity contribution in [3.63, 3.8) is 0 Å². The van der Waals surface area contributed by atoms with Gasteiger partial charge in [0.25, 0.3) is 0 Å². The molecule has 3 fully saturated rings. The predicted molar refractivity (Wildman–Crippen MR) is 100 cm³/mol. The van der Waals surface area contributed by atoms with Gasteiger partial charge in [0.05, 0.1) is 12.5 Å². The summed E-state index contributed by atoms with van der Waals surface area (Å²) >= 11 is 0. The Balaban J connectivity index is 1.22. The quantitative estimate of drug-likeness (QED) is 0.865. The minimum atomic E-state index is 0.157. The zero-order valence-electron chi connectivity index (χ0n) is 15.3. The summed E-state index contributed by atoms with van der Waals surface area (Å²) in [5, 5.41) is 13.1. The molecule has 1 aromatic rings. The van der Waals surface area contributed by atoms with E-state index < -0.39 is 0 Å². The van der Waals surface area contributed by atoms with Crippen LogP contribution in [0.2, 0.25) is 0 Å². The number of hydrogen-bond acceptors (Lipinski definition) is 4. The lowest BCUT2D eigenvalue weighted by Crippen LogP contribution is -2.64. The van der Waals surface area contributed by atoms with Gasteiger partial charge in [0.2, 0.25) is 0 Å². The molecule has 0 aromatic heterocycles. The van der Waals surface area contributed by atoms with Crippen LogP contribution in [0.5, 0.6) is 0 Å². The largest absolute Gasteiger partial charge is 0.313 e. The number of hydrogen-bond donors (Lipinski definition) is 1. The molecule has 2 aliphatic heterocycles. The fourth-order valence-corrected chi connectivity index (χ4v) is 4.68. The molecule has 134 valence electrons. The lowest BCUT2D eigenvalue weighted by Gasteiger charge is -2.54. The van der Waals surface area contributed by atoms with Gasteiger partial charge in [-0.15, -0.1) is 0 Å². The molecule has 1 N–H and O–H groups in total. The van der Waals surface area contributed by atoms with Gasteiger partial charge in [-0.2, -0.15) is 5.26 Å². The van der Waals surface area contributed by atoms with Gasteiger partial charge in [-0.25, -0.2) is 0 Å². The van der Waals surface area contributed by atoms with E-state index in [9.17, 15) is 5.26 Å². The number of nitrogens with zero attached hydrogens (tertiary/aromatic N) is 3. The fourth-order valence-electron chi connectivity index (χ4n) is 4.68. The summed E-state index contributed by atoms with van der Waals surface area (Å²) in [7, 11) is 2.19. The molecule has 25 heavy (non-hydrogen) atoms. The van der Waals surface area contributed by atoms with Gasteiger partial charge >= 0.3 is 0 Å². The molecule has 3 aliphatic rings. The summed E-state index contributed by atoms with van der Waals surface area (Å²) in [5.41, 5.74) is 1.64. The van der Waals surface area contributed by atoms with Gasteiger partial charge in [-0.3, -0.25) is 4.90 Å². The van der Waals surface area contributed by atoms with E-state index in [1.54, 1.807) is 0 Å². The molecule has 4 nitrogen and oxygen atoms in total. The van der Waals surface area contributed by atoms with E-state index in [-0.39, 0.29) is 5.54 Å². The average molecular weight is 338 g/mol. The molecule has 0 radical (unpaired) electrons. The van der Waals surface area contributed by atoms with Crippen LogP contribution in [0.25, 0.3) is 0 Å². The van der Waals surface area contributed by atoms with Gasteiger partial charge in [0.1, 0.15) is 0 Å². The van der Waals surface area contributed by atoms with E-state index in [1.807, 2.05) is 0 Å². The van der Waals surface area contributed by atoms with Crippen LogP contribution in [-0.2, 0) is 0 Å². The topological polar surface area (TPSA) is 42.3 Å². The van der Waals surface area contributed by atoms with Crippen molar-refractivity contribution >= 4 is 0 Å². The average Bonchev–Trinajstić information content (AvgIpc) is 3.37. The van der Waals surface area contributed by atoms with E-state index in [4.69, 9.17) is 0 Å². The summed E-state index contributed by atoms with van der Waals surface area (Å²) in [6.07, 6.45) is 4.27. The van der Waals surface area contributed by atoms with Gasteiger partial charge < -0.3 is 10.2 Å². The standard InChI is InChI=1S/C21H30N4/c1-24-11-8-21(7-10-22,9-12-24)25-15-17(16-25)14-23-20-13-19(20)18-5-3-2-4-6-18/h2-6,17,19-20,23H,7-9,11-16H2,1H3. The molecular formula is C21H30N4. The molecule has 1 saturated carbocycles. The third-order valence-electron chi connectivity index (χ3n) is 6.64. The predicted octanol–water partition coefficient (Wildman–Crippen LogP) is 2.44. The molecule has 2 unspecified atom stereocenters. The van der Waals surface area contributed by atoms with Gasteiger partial charge in [0.15, 0.2) is 0 Å². The molecule has 2 heterocycles. The number of likely N-dealkylation sites (tertiary alicyclic amines) is 2. The summed E-state index contributed by atoms with van der Waals surface area (Å²) in [4.78, 5) is 5.00. The highest BCUT2D eigenvalue weighted by atomic mass is 15.3. The maximum absolute atomic E-state index is 9.30. The molecule has 0 bridgehead atoms. The molecule has 2 saturated heterocycles. The van der Waals surface area contributed by atoms with Crippen molar-refractivity contribution in [2.24, 2.45) is 5.92 Å². The Morgan fingerprint density at radius 1 is 1.20 bits per heavy atom. The van der Waals surface area contributed by atoms with Crippen LogP contribution in [0, 0.1) is 17.2 Å². The van der Waals surface area contributed by atoms with E-state index in [0.717, 1.165) is 44.3 Å². The van der Waals surface area contributed by atoms with Crippen LogP contribution in [0.3, 0.4) is 0 Å². The highest BCUT2D eigenvalue weighted by molar-refractivity contribution is 5.27. The summed E-state index contributed by atoms with van der Waals surface area (Å²) < 4.78 is 0. The minimum absolute atomic E-state index is 0.157. The lowest BCUT2D eigenvalue weighted by molar-refractivity contribution is -0.0453. The van der Waals surface area contributed by atoms with Crippen molar-refractivity contribution in [2.45, 2.75) is 43.2 Å². The molecule has 2 atom stereocenters. The van der Waals surface area contributed by atoms with E-state index in [2.05, 4.69) is 58.6 Å². The first-order valence-electron chi connectivity index (χ1n) is 9.79. The number of piperidine rings is 1. The second-order valence-corrected chi connectivity index (χ2v) is 8.40. The zero-order chi connectivity index (χ0) is 17.3. The monoisotopic (exact) mass is 338 g/mol. The zero-order valence-corrected chi connectivity index (χ0v) is 15.3. The minimum Gasteiger partial charge on any atom is -0.313 e. The number of rotatable bonds is 6. The SMILES string of the molecule is CN1CCC(CC#N)(N2CC(CNC3CC3c3ccccc3)C2)CC1. The maximum Gasteiger partial charge on any atom is 0.0641 e. The Hall–Kier alpha value is -1.41. The second kappa shape index (κ2) is 7.07. The van der Waals surface area contributed by atoms with Crippen molar-refractivity contribution in [2.75, 3.05) is 39.8 Å². The van der Waals surface area contributed by atoms with Crippen LogP contribution in [0.1, 0.15) is 37.2 Å². The summed E-state index contributed by atoms with van der Waals surface area (Å²) in [6.45, 7) is 5.72. The van der Waals surface area contributed by atoms with Gasteiger partial charge in [0, 0.05) is 37.1 Å². The molecular weight excluding hydrogens is 308 g/mol. The van der Waals surface area contributed by atoms with Crippen LogP contribution in [0.15, 0.2) is 30.3 Å².